The fourth-order valence-electron chi connectivity index (χ4n) is 2.99. The third-order valence-corrected chi connectivity index (χ3v) is 7.32. The van der Waals surface area contributed by atoms with Gasteiger partial charge in [-0.2, -0.15) is 23.5 Å². The summed E-state index contributed by atoms with van der Waals surface area (Å²) in [6.45, 7) is 8.86. The van der Waals surface area contributed by atoms with E-state index in [4.69, 9.17) is 23.7 Å². The topological polar surface area (TPSA) is 132 Å². The van der Waals surface area contributed by atoms with Gasteiger partial charge in [-0.3, -0.25) is 0 Å². The van der Waals surface area contributed by atoms with Gasteiger partial charge in [0.25, 0.3) is 0 Å². The minimum absolute atomic E-state index is 0.0552. The molecule has 0 unspecified atom stereocenters. The van der Waals surface area contributed by atoms with Crippen LogP contribution in [-0.4, -0.2) is 85.4 Å². The normalized spacial score (nSPS) is 13.7. The van der Waals surface area contributed by atoms with Crippen molar-refractivity contribution in [3.05, 3.63) is 59.2 Å². The van der Waals surface area contributed by atoms with E-state index >= 15 is 0 Å². The first-order chi connectivity index (χ1) is 18.6. The molecule has 0 radical (unpaired) electrons. The van der Waals surface area contributed by atoms with Gasteiger partial charge in [0, 0.05) is 22.7 Å². The molecule has 1 aliphatic heterocycles. The van der Waals surface area contributed by atoms with Gasteiger partial charge in [-0.15, -0.1) is 0 Å². The number of carbonyl (C=O) groups is 5. The van der Waals surface area contributed by atoms with Crippen LogP contribution in [0, 0.1) is 0 Å². The monoisotopic (exact) mass is 580 g/mol. The summed E-state index contributed by atoms with van der Waals surface area (Å²) in [7, 11) is 0. The first-order valence-electron chi connectivity index (χ1n) is 12.1. The Kier molecular flexibility index (Phi) is 13.7. The van der Waals surface area contributed by atoms with Gasteiger partial charge in [0.05, 0.1) is 16.7 Å². The van der Waals surface area contributed by atoms with Gasteiger partial charge >= 0.3 is 29.8 Å². The van der Waals surface area contributed by atoms with Gasteiger partial charge in [0.15, 0.2) is 0 Å². The molecular weight excluding hydrogens is 548 g/mol. The lowest BCUT2D eigenvalue weighted by molar-refractivity contribution is -0.140. The summed E-state index contributed by atoms with van der Waals surface area (Å²) in [6.07, 6.45) is 0.805. The summed E-state index contributed by atoms with van der Waals surface area (Å²) in [5, 5.41) is 0. The Balaban J connectivity index is 2.13. The number of benzene rings is 1. The van der Waals surface area contributed by atoms with Gasteiger partial charge in [-0.25, -0.2) is 24.0 Å². The van der Waals surface area contributed by atoms with E-state index in [0.29, 0.717) is 11.5 Å². The molecular formula is C27H32O10S2. The third kappa shape index (κ3) is 11.2. The molecule has 0 N–H and O–H groups in total. The fraction of sp³-hybridized carbons (Fsp3) is 0.444. The van der Waals surface area contributed by atoms with Crippen LogP contribution in [0.1, 0.15) is 51.3 Å². The molecule has 0 saturated carbocycles. The van der Waals surface area contributed by atoms with E-state index < -0.39 is 29.8 Å². The van der Waals surface area contributed by atoms with Crippen molar-refractivity contribution in [2.45, 2.75) is 26.4 Å². The SMILES string of the molecule is C=C(C)C(=O)OCCOC(=O)c1ccc(C(=O)OC2CSCCCSC2)cc1C(=O)OCCOC(=O)C(=C)C. The minimum atomic E-state index is -0.936. The molecule has 1 aromatic rings. The van der Waals surface area contributed by atoms with Crippen molar-refractivity contribution in [3.63, 3.8) is 0 Å². The van der Waals surface area contributed by atoms with Crippen LogP contribution in [0.25, 0.3) is 0 Å². The number of ether oxygens (including phenoxy) is 5. The van der Waals surface area contributed by atoms with Crippen molar-refractivity contribution in [1.29, 1.82) is 0 Å². The minimum Gasteiger partial charge on any atom is -0.459 e. The Hall–Kier alpha value is -3.25. The molecule has 1 aromatic carbocycles. The van der Waals surface area contributed by atoms with Gasteiger partial charge in [0.1, 0.15) is 32.5 Å². The van der Waals surface area contributed by atoms with Gasteiger partial charge in [-0.05, 0) is 50.0 Å². The van der Waals surface area contributed by atoms with Crippen LogP contribution < -0.4 is 0 Å². The molecule has 1 fully saturated rings. The first-order valence-corrected chi connectivity index (χ1v) is 14.4. The maximum Gasteiger partial charge on any atom is 0.339 e. The van der Waals surface area contributed by atoms with E-state index in [9.17, 15) is 24.0 Å². The summed E-state index contributed by atoms with van der Waals surface area (Å²) in [5.74, 6) is -0.441. The lowest BCUT2D eigenvalue weighted by Gasteiger charge is -2.20. The molecule has 1 aliphatic rings. The molecule has 0 spiro atoms. The second-order valence-electron chi connectivity index (χ2n) is 8.40. The largest absolute Gasteiger partial charge is 0.459 e. The molecule has 39 heavy (non-hydrogen) atoms. The smallest absolute Gasteiger partial charge is 0.339 e. The summed E-state index contributed by atoms with van der Waals surface area (Å²) in [4.78, 5) is 61.4. The average Bonchev–Trinajstić information content (AvgIpc) is 2.89. The highest BCUT2D eigenvalue weighted by atomic mass is 32.2. The van der Waals surface area contributed by atoms with Crippen LogP contribution in [0.15, 0.2) is 42.5 Å². The first kappa shape index (κ1) is 32.0. The maximum atomic E-state index is 12.9. The van der Waals surface area contributed by atoms with Crippen LogP contribution in [-0.2, 0) is 33.3 Å². The predicted molar refractivity (Wildman–Crippen MR) is 147 cm³/mol. The van der Waals surface area contributed by atoms with Gasteiger partial charge < -0.3 is 23.7 Å². The molecule has 0 atom stereocenters. The molecule has 0 aromatic heterocycles. The van der Waals surface area contributed by atoms with Gasteiger partial charge in [0.2, 0.25) is 0 Å². The zero-order chi connectivity index (χ0) is 28.8. The van der Waals surface area contributed by atoms with Crippen molar-refractivity contribution in [2.75, 3.05) is 49.4 Å². The van der Waals surface area contributed by atoms with Crippen LogP contribution in [0.2, 0.25) is 0 Å². The second kappa shape index (κ2) is 16.7. The highest BCUT2D eigenvalue weighted by Gasteiger charge is 2.24. The van der Waals surface area contributed by atoms with E-state index in [1.54, 1.807) is 23.5 Å². The van der Waals surface area contributed by atoms with Crippen molar-refractivity contribution < 1.29 is 47.7 Å². The molecule has 2 rings (SSSR count). The summed E-state index contributed by atoms with van der Waals surface area (Å²) in [6, 6.07) is 3.82. The van der Waals surface area contributed by atoms with Crippen LogP contribution in [0.5, 0.6) is 0 Å². The highest BCUT2D eigenvalue weighted by Crippen LogP contribution is 2.21. The van der Waals surface area contributed by atoms with E-state index in [1.807, 2.05) is 0 Å². The molecule has 12 heteroatoms. The van der Waals surface area contributed by atoms with Crippen molar-refractivity contribution in [1.82, 2.24) is 0 Å². The standard InChI is InChI=1S/C27H32O10S2/c1-17(2)23(28)33-8-10-35-26(31)21-7-6-19(25(30)37-20-15-38-12-5-13-39-16-20)14-22(21)27(32)36-11-9-34-24(29)18(3)4/h6-7,14,20H,1,3,5,8-13,15-16H2,2,4H3. The Bertz CT molecular complexity index is 1090. The number of rotatable bonds is 12. The lowest BCUT2D eigenvalue weighted by Crippen LogP contribution is -2.25. The van der Waals surface area contributed by atoms with Crippen LogP contribution in [0.3, 0.4) is 0 Å². The van der Waals surface area contributed by atoms with Crippen LogP contribution in [0.4, 0.5) is 0 Å². The van der Waals surface area contributed by atoms with E-state index in [0.717, 1.165) is 17.9 Å². The molecule has 0 amide bonds. The summed E-state index contributed by atoms with van der Waals surface area (Å²) in [5.41, 5.74) is 0.0337. The molecule has 0 bridgehead atoms. The molecule has 212 valence electrons. The Labute approximate surface area is 235 Å². The van der Waals surface area contributed by atoms with Crippen molar-refractivity contribution in [2.24, 2.45) is 0 Å². The number of hydrogen-bond acceptors (Lipinski definition) is 12. The van der Waals surface area contributed by atoms with Crippen molar-refractivity contribution in [3.8, 4) is 0 Å². The third-order valence-electron chi connectivity index (χ3n) is 4.95. The average molecular weight is 581 g/mol. The lowest BCUT2D eigenvalue weighted by atomic mass is 10.0. The number of hydrogen-bond donors (Lipinski definition) is 0. The van der Waals surface area contributed by atoms with Crippen LogP contribution >= 0.6 is 23.5 Å². The van der Waals surface area contributed by atoms with Gasteiger partial charge in [-0.1, -0.05) is 13.2 Å². The predicted octanol–water partition coefficient (Wildman–Crippen LogP) is 3.63. The quantitative estimate of drug-likeness (QED) is 0.155. The van der Waals surface area contributed by atoms with E-state index in [2.05, 4.69) is 13.2 Å². The molecule has 1 saturated heterocycles. The molecule has 1 heterocycles. The zero-order valence-electron chi connectivity index (χ0n) is 22.0. The Morgan fingerprint density at radius 3 is 1.74 bits per heavy atom. The van der Waals surface area contributed by atoms with E-state index in [-0.39, 0.29) is 60.4 Å². The number of esters is 5. The second-order valence-corrected chi connectivity index (χ2v) is 10.7. The molecule has 10 nitrogen and oxygen atoms in total. The highest BCUT2D eigenvalue weighted by molar-refractivity contribution is 8.00. The number of thioether (sulfide) groups is 2. The maximum absolute atomic E-state index is 12.9. The van der Waals surface area contributed by atoms with Crippen molar-refractivity contribution >= 4 is 53.4 Å². The zero-order valence-corrected chi connectivity index (χ0v) is 23.6. The summed E-state index contributed by atoms with van der Waals surface area (Å²) < 4.78 is 25.7. The molecule has 0 aliphatic carbocycles. The van der Waals surface area contributed by atoms with E-state index in [1.165, 1.54) is 32.0 Å². The summed E-state index contributed by atoms with van der Waals surface area (Å²) >= 11 is 3.43. The number of carbonyl (C=O) groups excluding carboxylic acids is 5. The fourth-order valence-corrected chi connectivity index (χ4v) is 5.25. The Morgan fingerprint density at radius 1 is 0.744 bits per heavy atom. The Morgan fingerprint density at radius 2 is 1.23 bits per heavy atom.